The van der Waals surface area contributed by atoms with Gasteiger partial charge in [-0.05, 0) is 19.6 Å². The van der Waals surface area contributed by atoms with Crippen LogP contribution in [0.25, 0.3) is 0 Å². The van der Waals surface area contributed by atoms with Gasteiger partial charge in [0.1, 0.15) is 0 Å². The molecular formula is C5H12OSi2. The molecule has 46 valence electrons. The Bertz CT molecular complexity index is 75.0. The van der Waals surface area contributed by atoms with Gasteiger partial charge < -0.3 is 4.12 Å². The quantitative estimate of drug-likeness (QED) is 0.547. The summed E-state index contributed by atoms with van der Waals surface area (Å²) in [5, 5.41) is 0. The summed E-state index contributed by atoms with van der Waals surface area (Å²) in [5.41, 5.74) is 1.82. The zero-order valence-corrected chi connectivity index (χ0v) is 7.69. The molecule has 0 fully saturated rings. The summed E-state index contributed by atoms with van der Waals surface area (Å²) >= 11 is 0. The molecule has 8 heavy (non-hydrogen) atoms. The van der Waals surface area contributed by atoms with E-state index >= 15 is 0 Å². The number of hydrogen-bond acceptors (Lipinski definition) is 1. The topological polar surface area (TPSA) is 9.23 Å². The fourth-order valence-electron chi connectivity index (χ4n) is 0.218. The molecule has 0 aliphatic heterocycles. The van der Waals surface area contributed by atoms with E-state index in [1.165, 1.54) is 0 Å². The Morgan fingerprint density at radius 1 is 1.50 bits per heavy atom. The fraction of sp³-hybridized carbons (Fsp3) is 0.600. The zero-order valence-electron chi connectivity index (χ0n) is 5.69. The molecular weight excluding hydrogens is 132 g/mol. The first-order valence-electron chi connectivity index (χ1n) is 2.61. The Morgan fingerprint density at radius 3 is 2.12 bits per heavy atom. The highest BCUT2D eigenvalue weighted by Gasteiger charge is 2.11. The second kappa shape index (κ2) is 3.22. The van der Waals surface area contributed by atoms with Gasteiger partial charge in [0, 0.05) is 0 Å². The molecule has 3 heteroatoms. The molecule has 0 saturated carbocycles. The summed E-state index contributed by atoms with van der Waals surface area (Å²) in [6, 6.07) is 0. The van der Waals surface area contributed by atoms with E-state index in [1.807, 2.05) is 5.70 Å². The van der Waals surface area contributed by atoms with E-state index in [0.29, 0.717) is 9.76 Å². The molecule has 0 amide bonds. The Balaban J connectivity index is 3.24. The summed E-state index contributed by atoms with van der Waals surface area (Å²) in [4.78, 5) is 0. The van der Waals surface area contributed by atoms with Crippen molar-refractivity contribution in [3.63, 3.8) is 0 Å². The summed E-state index contributed by atoms with van der Waals surface area (Å²) in [6.07, 6.45) is 0. The van der Waals surface area contributed by atoms with Crippen molar-refractivity contribution < 1.29 is 4.12 Å². The third-order valence-corrected chi connectivity index (χ3v) is 3.54. The minimum Gasteiger partial charge on any atom is -0.453 e. The lowest BCUT2D eigenvalue weighted by Gasteiger charge is -2.14. The molecule has 0 atom stereocenters. The van der Waals surface area contributed by atoms with Crippen LogP contribution in [-0.2, 0) is 4.12 Å². The maximum Gasteiger partial charge on any atom is 0.247 e. The Labute approximate surface area is 54.8 Å². The van der Waals surface area contributed by atoms with Crippen molar-refractivity contribution in [2.75, 3.05) is 0 Å². The van der Waals surface area contributed by atoms with Gasteiger partial charge in [0.2, 0.25) is 9.76 Å². The average Bonchev–Trinajstić information content (AvgIpc) is 1.59. The van der Waals surface area contributed by atoms with Crippen LogP contribution < -0.4 is 0 Å². The maximum atomic E-state index is 5.43. The average molecular weight is 144 g/mol. The molecule has 2 radical (unpaired) electrons. The maximum absolute atomic E-state index is 5.43. The molecule has 0 heterocycles. The van der Waals surface area contributed by atoms with Gasteiger partial charge in [0.15, 0.2) is 8.32 Å². The van der Waals surface area contributed by atoms with E-state index in [9.17, 15) is 0 Å². The highest BCUT2D eigenvalue weighted by molar-refractivity contribution is 6.74. The second-order valence-electron chi connectivity index (χ2n) is 2.54. The van der Waals surface area contributed by atoms with Crippen molar-refractivity contribution in [3.05, 3.63) is 12.3 Å². The third kappa shape index (κ3) is 6.13. The number of rotatable bonds is 3. The predicted molar refractivity (Wildman–Crippen MR) is 40.4 cm³/mol. The van der Waals surface area contributed by atoms with Crippen LogP contribution in [-0.4, -0.2) is 18.1 Å². The van der Waals surface area contributed by atoms with Gasteiger partial charge in [-0.25, -0.2) is 0 Å². The molecule has 0 N–H and O–H groups in total. The van der Waals surface area contributed by atoms with E-state index in [0.717, 1.165) is 0 Å². The van der Waals surface area contributed by atoms with E-state index in [1.54, 1.807) is 0 Å². The van der Waals surface area contributed by atoms with Gasteiger partial charge in [-0.3, -0.25) is 0 Å². The molecule has 0 aromatic rings. The minimum absolute atomic E-state index is 0.492. The smallest absolute Gasteiger partial charge is 0.247 e. The molecule has 0 bridgehead atoms. The lowest BCUT2D eigenvalue weighted by atomic mass is 11.3. The molecule has 0 aromatic carbocycles. The molecule has 0 unspecified atom stereocenters. The van der Waals surface area contributed by atoms with Crippen LogP contribution >= 0.6 is 0 Å². The fourth-order valence-corrected chi connectivity index (χ4v) is 1.97. The predicted octanol–water partition coefficient (Wildman–Crippen LogP) is 1.60. The lowest BCUT2D eigenvalue weighted by Crippen LogP contribution is -2.26. The molecule has 1 nitrogen and oxygen atoms in total. The van der Waals surface area contributed by atoms with E-state index in [4.69, 9.17) is 4.12 Å². The highest BCUT2D eigenvalue weighted by Crippen LogP contribution is 1.99. The monoisotopic (exact) mass is 144 g/mol. The number of hydrogen-bond donors (Lipinski definition) is 0. The van der Waals surface area contributed by atoms with Gasteiger partial charge in [0.25, 0.3) is 0 Å². The van der Waals surface area contributed by atoms with Gasteiger partial charge in [-0.15, -0.1) is 6.58 Å². The Morgan fingerprint density at radius 2 is 2.00 bits per heavy atom. The van der Waals surface area contributed by atoms with Crippen molar-refractivity contribution >= 4 is 18.1 Å². The largest absolute Gasteiger partial charge is 0.453 e. The van der Waals surface area contributed by atoms with Crippen LogP contribution in [0.1, 0.15) is 0 Å². The summed E-state index contributed by atoms with van der Waals surface area (Å²) in [5.74, 6) is 0. The summed E-state index contributed by atoms with van der Waals surface area (Å²) < 4.78 is 5.43. The van der Waals surface area contributed by atoms with E-state index < -0.39 is 8.32 Å². The van der Waals surface area contributed by atoms with Crippen molar-refractivity contribution in [1.82, 2.24) is 0 Å². The van der Waals surface area contributed by atoms with Crippen LogP contribution in [0.2, 0.25) is 19.6 Å². The molecule has 0 aromatic heterocycles. The van der Waals surface area contributed by atoms with Gasteiger partial charge >= 0.3 is 0 Å². The highest BCUT2D eigenvalue weighted by atomic mass is 28.4. The second-order valence-corrected chi connectivity index (χ2v) is 8.22. The van der Waals surface area contributed by atoms with Crippen molar-refractivity contribution in [3.8, 4) is 0 Å². The zero-order chi connectivity index (χ0) is 6.62. The Kier molecular flexibility index (Phi) is 3.27. The molecule has 0 rings (SSSR count). The lowest BCUT2D eigenvalue weighted by molar-refractivity contribution is 0.607. The SMILES string of the molecule is C=C[Si]O[Si](C)(C)C. The van der Waals surface area contributed by atoms with Crippen molar-refractivity contribution in [2.45, 2.75) is 19.6 Å². The van der Waals surface area contributed by atoms with Crippen LogP contribution in [0.15, 0.2) is 12.3 Å². The first kappa shape index (κ1) is 8.13. The summed E-state index contributed by atoms with van der Waals surface area (Å²) in [7, 11) is -0.745. The first-order chi connectivity index (χ1) is 3.56. The minimum atomic E-state index is -1.24. The van der Waals surface area contributed by atoms with Gasteiger partial charge in [-0.1, -0.05) is 5.70 Å². The van der Waals surface area contributed by atoms with Gasteiger partial charge in [-0.2, -0.15) is 0 Å². The van der Waals surface area contributed by atoms with Crippen LogP contribution in [0, 0.1) is 0 Å². The third-order valence-electron chi connectivity index (χ3n) is 0.448. The van der Waals surface area contributed by atoms with Crippen molar-refractivity contribution in [2.24, 2.45) is 0 Å². The standard InChI is InChI=1S/C5H12OSi2/c1-5-7-6-8(2,3)4/h5H,1H2,2-4H3. The molecule has 0 aliphatic carbocycles. The van der Waals surface area contributed by atoms with Crippen molar-refractivity contribution in [1.29, 1.82) is 0 Å². The summed E-state index contributed by atoms with van der Waals surface area (Å²) in [6.45, 7) is 10.1. The van der Waals surface area contributed by atoms with Crippen LogP contribution in [0.5, 0.6) is 0 Å². The Hall–Kier alpha value is 0.134. The first-order valence-corrected chi connectivity index (χ1v) is 7.00. The molecule has 0 saturated heterocycles. The van der Waals surface area contributed by atoms with E-state index in [-0.39, 0.29) is 0 Å². The van der Waals surface area contributed by atoms with Crippen LogP contribution in [0.3, 0.4) is 0 Å². The van der Waals surface area contributed by atoms with Crippen LogP contribution in [0.4, 0.5) is 0 Å². The van der Waals surface area contributed by atoms with Gasteiger partial charge in [0.05, 0.1) is 0 Å². The molecule has 0 spiro atoms. The molecule has 0 aliphatic rings. The van der Waals surface area contributed by atoms with E-state index in [2.05, 4.69) is 26.2 Å². The normalized spacial score (nSPS) is 11.4.